The molecule has 0 radical (unpaired) electrons. The molecule has 33 heavy (non-hydrogen) atoms. The molecule has 5 atom stereocenters. The summed E-state index contributed by atoms with van der Waals surface area (Å²) in [5.41, 5.74) is 6.95. The van der Waals surface area contributed by atoms with Crippen LogP contribution in [0.2, 0.25) is 0 Å². The highest BCUT2D eigenvalue weighted by Crippen LogP contribution is 2.02. The van der Waals surface area contributed by atoms with Gasteiger partial charge in [-0.2, -0.15) is 0 Å². The first-order valence-electron chi connectivity index (χ1n) is 10.1. The van der Waals surface area contributed by atoms with E-state index in [1.165, 1.54) is 38.9 Å². The number of H-pyrrole nitrogens is 2. The summed E-state index contributed by atoms with van der Waals surface area (Å²) in [5.74, 6) is -3.57. The van der Waals surface area contributed by atoms with Crippen LogP contribution in [0, 0.1) is 0 Å². The van der Waals surface area contributed by atoms with Crippen LogP contribution >= 0.6 is 0 Å². The molecule has 9 N–H and O–H groups in total. The van der Waals surface area contributed by atoms with Crippen LogP contribution in [-0.2, 0) is 32.0 Å². The van der Waals surface area contributed by atoms with E-state index in [0.717, 1.165) is 0 Å². The summed E-state index contributed by atoms with van der Waals surface area (Å²) in [7, 11) is 0. The fourth-order valence-corrected chi connectivity index (χ4v) is 2.87. The van der Waals surface area contributed by atoms with E-state index in [-0.39, 0.29) is 12.8 Å². The van der Waals surface area contributed by atoms with Gasteiger partial charge in [0.1, 0.15) is 18.1 Å². The lowest BCUT2D eigenvalue weighted by atomic mass is 10.1. The normalized spacial score (nSPS) is 15.5. The van der Waals surface area contributed by atoms with Crippen molar-refractivity contribution < 1.29 is 29.4 Å². The van der Waals surface area contributed by atoms with Crippen molar-refractivity contribution in [1.82, 2.24) is 35.9 Å². The van der Waals surface area contributed by atoms with Gasteiger partial charge in [-0.25, -0.2) is 14.8 Å². The van der Waals surface area contributed by atoms with Crippen molar-refractivity contribution >= 4 is 23.7 Å². The lowest BCUT2D eigenvalue weighted by Crippen LogP contribution is -2.59. The molecule has 5 unspecified atom stereocenters. The Bertz CT molecular complexity index is 930. The smallest absolute Gasteiger partial charge is 0.326 e. The third-order valence-electron chi connectivity index (χ3n) is 4.74. The van der Waals surface area contributed by atoms with Gasteiger partial charge in [0.05, 0.1) is 24.8 Å². The molecule has 0 aliphatic carbocycles. The van der Waals surface area contributed by atoms with Crippen LogP contribution in [0.5, 0.6) is 0 Å². The summed E-state index contributed by atoms with van der Waals surface area (Å²) < 4.78 is 0. The average molecular weight is 464 g/mol. The molecule has 2 aromatic heterocycles. The van der Waals surface area contributed by atoms with E-state index >= 15 is 0 Å². The first kappa shape index (κ1) is 25.5. The molecule has 0 aliphatic heterocycles. The van der Waals surface area contributed by atoms with Crippen LogP contribution in [-0.4, -0.2) is 84.1 Å². The van der Waals surface area contributed by atoms with Crippen LogP contribution in [0.1, 0.15) is 25.2 Å². The van der Waals surface area contributed by atoms with Crippen LogP contribution < -0.4 is 21.7 Å². The number of amides is 3. The monoisotopic (exact) mass is 464 g/mol. The van der Waals surface area contributed by atoms with Gasteiger partial charge in [0.15, 0.2) is 0 Å². The zero-order valence-corrected chi connectivity index (χ0v) is 18.1. The fourth-order valence-electron chi connectivity index (χ4n) is 2.87. The Balaban J connectivity index is 1.94. The molecule has 2 rings (SSSR count). The number of carbonyl (C=O) groups excluding carboxylic acids is 3. The number of aliphatic hydroxyl groups is 1. The van der Waals surface area contributed by atoms with Gasteiger partial charge in [-0.3, -0.25) is 14.4 Å². The molecule has 180 valence electrons. The Morgan fingerprint density at radius 3 is 2.00 bits per heavy atom. The number of aromatic nitrogens is 4. The summed E-state index contributed by atoms with van der Waals surface area (Å²) in [6.07, 6.45) is 4.49. The summed E-state index contributed by atoms with van der Waals surface area (Å²) >= 11 is 0. The Kier molecular flexibility index (Phi) is 9.06. The summed E-state index contributed by atoms with van der Waals surface area (Å²) in [6, 6.07) is -4.82. The maximum absolute atomic E-state index is 12.6. The Hall–Kier alpha value is -3.78. The van der Waals surface area contributed by atoms with Gasteiger partial charge in [0.2, 0.25) is 17.7 Å². The van der Waals surface area contributed by atoms with Gasteiger partial charge in [-0.1, -0.05) is 0 Å². The lowest BCUT2D eigenvalue weighted by Gasteiger charge is -2.25. The second-order valence-corrected chi connectivity index (χ2v) is 7.52. The number of rotatable bonds is 12. The molecule has 0 spiro atoms. The third-order valence-corrected chi connectivity index (χ3v) is 4.74. The van der Waals surface area contributed by atoms with Crippen molar-refractivity contribution in [3.63, 3.8) is 0 Å². The Labute approximate surface area is 188 Å². The van der Waals surface area contributed by atoms with Gasteiger partial charge in [0.25, 0.3) is 0 Å². The second kappa shape index (κ2) is 11.7. The number of aliphatic carboxylic acids is 1. The van der Waals surface area contributed by atoms with Crippen molar-refractivity contribution in [2.24, 2.45) is 5.73 Å². The highest BCUT2D eigenvalue weighted by Gasteiger charge is 2.31. The minimum absolute atomic E-state index is 0.0811. The number of carboxylic acid groups (broad SMARTS) is 1. The summed E-state index contributed by atoms with van der Waals surface area (Å²) in [5, 5.41) is 26.4. The molecule has 0 saturated heterocycles. The lowest BCUT2D eigenvalue weighted by molar-refractivity contribution is -0.143. The van der Waals surface area contributed by atoms with Crippen molar-refractivity contribution in [1.29, 1.82) is 0 Å². The number of nitrogens with zero attached hydrogens (tertiary/aromatic N) is 2. The van der Waals surface area contributed by atoms with E-state index in [1.807, 2.05) is 0 Å². The minimum atomic E-state index is -1.46. The Morgan fingerprint density at radius 1 is 0.939 bits per heavy atom. The van der Waals surface area contributed by atoms with E-state index in [4.69, 9.17) is 5.73 Å². The SMILES string of the molecule is CC(NC(=O)C(N)Cc1cnc[nH]1)C(=O)NC(C(=O)NC(Cc1cnc[nH]1)C(=O)O)C(C)O. The molecule has 0 aromatic carbocycles. The molecule has 0 saturated carbocycles. The number of imidazole rings is 2. The maximum atomic E-state index is 12.6. The number of nitrogens with two attached hydrogens (primary N) is 1. The number of carbonyl (C=O) groups is 4. The number of hydrogen-bond acceptors (Lipinski definition) is 8. The average Bonchev–Trinajstić information content (AvgIpc) is 3.44. The van der Waals surface area contributed by atoms with E-state index in [1.54, 1.807) is 0 Å². The molecule has 14 heteroatoms. The largest absolute Gasteiger partial charge is 0.480 e. The van der Waals surface area contributed by atoms with Crippen LogP contribution in [0.3, 0.4) is 0 Å². The number of carboxylic acids is 1. The van der Waals surface area contributed by atoms with E-state index in [2.05, 4.69) is 35.9 Å². The Morgan fingerprint density at radius 2 is 1.52 bits per heavy atom. The minimum Gasteiger partial charge on any atom is -0.480 e. The zero-order chi connectivity index (χ0) is 24.5. The maximum Gasteiger partial charge on any atom is 0.326 e. The van der Waals surface area contributed by atoms with E-state index in [0.29, 0.717) is 11.4 Å². The quantitative estimate of drug-likeness (QED) is 0.162. The van der Waals surface area contributed by atoms with Gasteiger partial charge in [-0.05, 0) is 13.8 Å². The third kappa shape index (κ3) is 7.69. The van der Waals surface area contributed by atoms with Crippen molar-refractivity contribution in [2.75, 3.05) is 0 Å². The van der Waals surface area contributed by atoms with Gasteiger partial charge < -0.3 is 41.9 Å². The van der Waals surface area contributed by atoms with E-state index < -0.39 is 54.0 Å². The van der Waals surface area contributed by atoms with Crippen LogP contribution in [0.25, 0.3) is 0 Å². The first-order chi connectivity index (χ1) is 15.6. The molecule has 3 amide bonds. The van der Waals surface area contributed by atoms with Gasteiger partial charge >= 0.3 is 5.97 Å². The van der Waals surface area contributed by atoms with Gasteiger partial charge in [0, 0.05) is 36.6 Å². The predicted molar refractivity (Wildman–Crippen MR) is 113 cm³/mol. The first-order valence-corrected chi connectivity index (χ1v) is 10.1. The molecular weight excluding hydrogens is 436 g/mol. The molecule has 14 nitrogen and oxygen atoms in total. The number of aromatic amines is 2. The molecule has 2 heterocycles. The number of hydrogen-bond donors (Lipinski definition) is 8. The number of nitrogens with one attached hydrogen (secondary N) is 5. The molecular formula is C19H28N8O6. The highest BCUT2D eigenvalue weighted by molar-refractivity contribution is 5.94. The van der Waals surface area contributed by atoms with Crippen LogP contribution in [0.4, 0.5) is 0 Å². The second-order valence-electron chi connectivity index (χ2n) is 7.52. The number of aliphatic hydroxyl groups excluding tert-OH is 1. The molecule has 0 bridgehead atoms. The predicted octanol–water partition coefficient (Wildman–Crippen LogP) is -2.81. The van der Waals surface area contributed by atoms with Gasteiger partial charge in [-0.15, -0.1) is 0 Å². The fraction of sp³-hybridized carbons (Fsp3) is 0.474. The highest BCUT2D eigenvalue weighted by atomic mass is 16.4. The van der Waals surface area contributed by atoms with Crippen molar-refractivity contribution in [3.8, 4) is 0 Å². The van der Waals surface area contributed by atoms with Crippen molar-refractivity contribution in [2.45, 2.75) is 57.0 Å². The summed E-state index contributed by atoms with van der Waals surface area (Å²) in [6.45, 7) is 2.64. The molecule has 0 aliphatic rings. The van der Waals surface area contributed by atoms with Crippen LogP contribution in [0.15, 0.2) is 25.0 Å². The molecule has 2 aromatic rings. The van der Waals surface area contributed by atoms with E-state index in [9.17, 15) is 29.4 Å². The zero-order valence-electron chi connectivity index (χ0n) is 18.1. The summed E-state index contributed by atoms with van der Waals surface area (Å²) in [4.78, 5) is 62.1. The topological polar surface area (TPSA) is 228 Å². The standard InChI is InChI=1S/C19H28N8O6/c1-9(25-17(30)13(20)3-11-5-21-7-23-11)16(29)27-15(10(2)28)18(31)26-14(19(32)33)4-12-6-22-8-24-12/h5-10,13-15,28H,3-4,20H2,1-2H3,(H,21,23)(H,22,24)(H,25,30)(H,26,31)(H,27,29)(H,32,33). The van der Waals surface area contributed by atoms with Crippen molar-refractivity contribution in [3.05, 3.63) is 36.4 Å². The molecule has 0 fully saturated rings.